The Balaban J connectivity index is 1.56. The highest BCUT2D eigenvalue weighted by molar-refractivity contribution is 8.00. The van der Waals surface area contributed by atoms with Gasteiger partial charge in [0.1, 0.15) is 5.75 Å². The Morgan fingerprint density at radius 1 is 1.22 bits per heavy atom. The van der Waals surface area contributed by atoms with E-state index in [1.165, 1.54) is 29.2 Å². The Hall–Kier alpha value is -2.65. The van der Waals surface area contributed by atoms with Gasteiger partial charge in [-0.05, 0) is 30.2 Å². The van der Waals surface area contributed by atoms with Gasteiger partial charge in [0.15, 0.2) is 4.34 Å². The number of benzene rings is 2. The number of hydrogen-bond donors (Lipinski definition) is 1. The molecule has 27 heavy (non-hydrogen) atoms. The zero-order chi connectivity index (χ0) is 19.2. The third kappa shape index (κ3) is 4.95. The number of thioether (sulfide) groups is 1. The minimum atomic E-state index is -0.352. The topological polar surface area (TPSA) is 90.2 Å². The summed E-state index contributed by atoms with van der Waals surface area (Å²) in [5.41, 5.74) is 2.88. The summed E-state index contributed by atoms with van der Waals surface area (Å²) in [5.74, 6) is 1.44. The van der Waals surface area contributed by atoms with Gasteiger partial charge in [-0.25, -0.2) is 0 Å². The number of aromatic nitrogens is 2. The Labute approximate surface area is 164 Å². The van der Waals surface area contributed by atoms with Gasteiger partial charge in [-0.2, -0.15) is 0 Å². The van der Waals surface area contributed by atoms with Crippen LogP contribution < -0.4 is 10.1 Å². The van der Waals surface area contributed by atoms with E-state index in [0.717, 1.165) is 26.3 Å². The van der Waals surface area contributed by atoms with Gasteiger partial charge < -0.3 is 10.1 Å². The normalized spacial score (nSPS) is 10.6. The van der Waals surface area contributed by atoms with Crippen molar-refractivity contribution in [3.63, 3.8) is 0 Å². The molecule has 7 nitrogen and oxygen atoms in total. The molecule has 0 saturated carbocycles. The standard InChI is InChI=1S/C18H18N4O3S2/c1-12-14(4-3-5-16(12)22(23)24)11-26-18-21-20-17(27-18)19-10-13-6-8-15(25-2)9-7-13/h3-9H,10-11H2,1-2H3,(H,19,20). The molecule has 140 valence electrons. The molecule has 3 rings (SSSR count). The van der Waals surface area contributed by atoms with Gasteiger partial charge in [0.2, 0.25) is 5.13 Å². The molecule has 0 fully saturated rings. The fourth-order valence-electron chi connectivity index (χ4n) is 2.42. The van der Waals surface area contributed by atoms with E-state index in [1.807, 2.05) is 30.3 Å². The first-order chi connectivity index (χ1) is 13.1. The van der Waals surface area contributed by atoms with Crippen molar-refractivity contribution in [2.75, 3.05) is 12.4 Å². The van der Waals surface area contributed by atoms with Crippen LogP contribution in [0.3, 0.4) is 0 Å². The molecular formula is C18H18N4O3S2. The molecule has 1 N–H and O–H groups in total. The van der Waals surface area contributed by atoms with Crippen molar-refractivity contribution in [1.82, 2.24) is 10.2 Å². The van der Waals surface area contributed by atoms with Gasteiger partial charge >= 0.3 is 0 Å². The van der Waals surface area contributed by atoms with Crippen molar-refractivity contribution < 1.29 is 9.66 Å². The first-order valence-corrected chi connectivity index (χ1v) is 9.93. The molecule has 0 aliphatic carbocycles. The lowest BCUT2D eigenvalue weighted by Gasteiger charge is -2.04. The van der Waals surface area contributed by atoms with E-state index in [1.54, 1.807) is 20.1 Å². The largest absolute Gasteiger partial charge is 0.497 e. The fraction of sp³-hybridized carbons (Fsp3) is 0.222. The number of nitro benzene ring substituents is 1. The van der Waals surface area contributed by atoms with Gasteiger partial charge in [-0.15, -0.1) is 10.2 Å². The number of hydrogen-bond acceptors (Lipinski definition) is 8. The maximum Gasteiger partial charge on any atom is 0.272 e. The third-order valence-corrected chi connectivity index (χ3v) is 6.04. The maximum absolute atomic E-state index is 11.0. The molecule has 0 bridgehead atoms. The van der Waals surface area contributed by atoms with Crippen molar-refractivity contribution >= 4 is 33.9 Å². The number of nitrogens with one attached hydrogen (secondary N) is 1. The predicted molar refractivity (Wildman–Crippen MR) is 108 cm³/mol. The molecular weight excluding hydrogens is 384 g/mol. The molecule has 0 atom stereocenters. The molecule has 9 heteroatoms. The molecule has 1 aromatic heterocycles. The average molecular weight is 403 g/mol. The van der Waals surface area contributed by atoms with Gasteiger partial charge in [0, 0.05) is 23.9 Å². The number of nitro groups is 1. The maximum atomic E-state index is 11.0. The van der Waals surface area contributed by atoms with Crippen LogP contribution in [0.4, 0.5) is 10.8 Å². The van der Waals surface area contributed by atoms with Gasteiger partial charge in [0.25, 0.3) is 5.69 Å². The lowest BCUT2D eigenvalue weighted by Crippen LogP contribution is -1.98. The van der Waals surface area contributed by atoms with Crippen LogP contribution in [0.1, 0.15) is 16.7 Å². The quantitative estimate of drug-likeness (QED) is 0.333. The van der Waals surface area contributed by atoms with Crippen LogP contribution in [0.5, 0.6) is 5.75 Å². The summed E-state index contributed by atoms with van der Waals surface area (Å²) in [6.07, 6.45) is 0. The van der Waals surface area contributed by atoms with E-state index in [9.17, 15) is 10.1 Å². The summed E-state index contributed by atoms with van der Waals surface area (Å²) in [6.45, 7) is 2.42. The Bertz CT molecular complexity index is 929. The third-order valence-electron chi connectivity index (χ3n) is 3.97. The molecule has 0 aliphatic rings. The Morgan fingerprint density at radius 3 is 2.70 bits per heavy atom. The second-order valence-electron chi connectivity index (χ2n) is 5.68. The first kappa shape index (κ1) is 19.1. The summed E-state index contributed by atoms with van der Waals surface area (Å²) < 4.78 is 5.96. The van der Waals surface area contributed by atoms with E-state index in [0.29, 0.717) is 17.9 Å². The van der Waals surface area contributed by atoms with E-state index >= 15 is 0 Å². The van der Waals surface area contributed by atoms with Crippen LogP contribution in [0.15, 0.2) is 46.8 Å². The smallest absolute Gasteiger partial charge is 0.272 e. The number of methoxy groups -OCH3 is 1. The van der Waals surface area contributed by atoms with Crippen LogP contribution in [0.25, 0.3) is 0 Å². The summed E-state index contributed by atoms with van der Waals surface area (Å²) in [7, 11) is 1.64. The van der Waals surface area contributed by atoms with Gasteiger partial charge in [-0.3, -0.25) is 10.1 Å². The summed E-state index contributed by atoms with van der Waals surface area (Å²) in [4.78, 5) is 10.7. The highest BCUT2D eigenvalue weighted by atomic mass is 32.2. The molecule has 0 unspecified atom stereocenters. The van der Waals surface area contributed by atoms with E-state index < -0.39 is 0 Å². The molecule has 3 aromatic rings. The van der Waals surface area contributed by atoms with Crippen molar-refractivity contribution in [2.45, 2.75) is 23.6 Å². The molecule has 0 aliphatic heterocycles. The SMILES string of the molecule is COc1ccc(CNc2nnc(SCc3cccc([N+](=O)[O-])c3C)s2)cc1. The zero-order valence-electron chi connectivity index (χ0n) is 14.8. The number of rotatable bonds is 8. The van der Waals surface area contributed by atoms with Crippen LogP contribution in [0, 0.1) is 17.0 Å². The molecule has 1 heterocycles. The van der Waals surface area contributed by atoms with Crippen molar-refractivity contribution in [3.8, 4) is 5.75 Å². The molecule has 0 radical (unpaired) electrons. The second kappa shape index (κ2) is 8.83. The van der Waals surface area contributed by atoms with Crippen LogP contribution in [-0.4, -0.2) is 22.2 Å². The summed E-state index contributed by atoms with van der Waals surface area (Å²) in [6, 6.07) is 13.0. The predicted octanol–water partition coefficient (Wildman–Crippen LogP) is 4.67. The second-order valence-corrected chi connectivity index (χ2v) is 7.88. The van der Waals surface area contributed by atoms with E-state index in [-0.39, 0.29) is 10.6 Å². The zero-order valence-corrected chi connectivity index (χ0v) is 16.5. The highest BCUT2D eigenvalue weighted by Gasteiger charge is 2.14. The number of nitrogens with zero attached hydrogens (tertiary/aromatic N) is 3. The van der Waals surface area contributed by atoms with Crippen LogP contribution >= 0.6 is 23.1 Å². The van der Waals surface area contributed by atoms with Crippen molar-refractivity contribution in [1.29, 1.82) is 0 Å². The summed E-state index contributed by atoms with van der Waals surface area (Å²) in [5, 5.41) is 23.4. The van der Waals surface area contributed by atoms with Gasteiger partial charge in [-0.1, -0.05) is 47.4 Å². The Kier molecular flexibility index (Phi) is 6.25. The minimum absolute atomic E-state index is 0.146. The molecule has 2 aromatic carbocycles. The minimum Gasteiger partial charge on any atom is -0.497 e. The lowest BCUT2D eigenvalue weighted by molar-refractivity contribution is -0.385. The molecule has 0 spiro atoms. The highest BCUT2D eigenvalue weighted by Crippen LogP contribution is 2.31. The van der Waals surface area contributed by atoms with Crippen molar-refractivity contribution in [3.05, 3.63) is 69.3 Å². The van der Waals surface area contributed by atoms with Crippen LogP contribution in [-0.2, 0) is 12.3 Å². The number of ether oxygens (including phenoxy) is 1. The summed E-state index contributed by atoms with van der Waals surface area (Å²) >= 11 is 2.99. The number of anilines is 1. The average Bonchev–Trinajstić information content (AvgIpc) is 3.13. The fourth-order valence-corrected chi connectivity index (χ4v) is 4.24. The Morgan fingerprint density at radius 2 is 2.00 bits per heavy atom. The molecule has 0 saturated heterocycles. The monoisotopic (exact) mass is 402 g/mol. The molecule has 0 amide bonds. The van der Waals surface area contributed by atoms with E-state index in [2.05, 4.69) is 15.5 Å². The van der Waals surface area contributed by atoms with Crippen LogP contribution in [0.2, 0.25) is 0 Å². The lowest BCUT2D eigenvalue weighted by atomic mass is 10.1. The first-order valence-electron chi connectivity index (χ1n) is 8.13. The van der Waals surface area contributed by atoms with Gasteiger partial charge in [0.05, 0.1) is 12.0 Å². The van der Waals surface area contributed by atoms with Crippen molar-refractivity contribution in [2.24, 2.45) is 0 Å². The van der Waals surface area contributed by atoms with E-state index in [4.69, 9.17) is 4.74 Å².